The van der Waals surface area contributed by atoms with Gasteiger partial charge in [0.25, 0.3) is 0 Å². The van der Waals surface area contributed by atoms with Crippen LogP contribution in [0.15, 0.2) is 0 Å². The van der Waals surface area contributed by atoms with Crippen molar-refractivity contribution in [1.82, 2.24) is 4.90 Å². The first-order valence-electron chi connectivity index (χ1n) is 8.06. The minimum absolute atomic E-state index is 0.306. The molecule has 0 aromatic heterocycles. The molecule has 2 nitrogen and oxygen atoms in total. The van der Waals surface area contributed by atoms with Crippen molar-refractivity contribution in [3.63, 3.8) is 0 Å². The fourth-order valence-corrected chi connectivity index (χ4v) is 4.08. The first kappa shape index (κ1) is 14.3. The average Bonchev–Trinajstić information content (AvgIpc) is 3.22. The highest BCUT2D eigenvalue weighted by Gasteiger charge is 2.44. The van der Waals surface area contributed by atoms with E-state index in [-0.39, 0.29) is 0 Å². The summed E-state index contributed by atoms with van der Waals surface area (Å²) in [7, 11) is 2.32. The van der Waals surface area contributed by atoms with Gasteiger partial charge in [-0.15, -0.1) is 0 Å². The van der Waals surface area contributed by atoms with E-state index in [0.29, 0.717) is 11.6 Å². The molecule has 0 spiro atoms. The normalized spacial score (nSPS) is 34.8. The molecule has 2 aliphatic rings. The highest BCUT2D eigenvalue weighted by molar-refractivity contribution is 5.00. The number of nitrogens with two attached hydrogens (primary N) is 1. The average molecular weight is 252 g/mol. The van der Waals surface area contributed by atoms with E-state index in [1.807, 2.05) is 0 Å². The van der Waals surface area contributed by atoms with Crippen LogP contribution in [-0.4, -0.2) is 30.1 Å². The van der Waals surface area contributed by atoms with E-state index in [1.165, 1.54) is 51.4 Å². The van der Waals surface area contributed by atoms with Gasteiger partial charge in [-0.3, -0.25) is 4.90 Å². The molecule has 0 amide bonds. The van der Waals surface area contributed by atoms with Crippen molar-refractivity contribution in [2.24, 2.45) is 17.6 Å². The monoisotopic (exact) mass is 252 g/mol. The third kappa shape index (κ3) is 2.91. The van der Waals surface area contributed by atoms with E-state index in [1.54, 1.807) is 0 Å². The van der Waals surface area contributed by atoms with Gasteiger partial charge in [-0.2, -0.15) is 0 Å². The van der Waals surface area contributed by atoms with Crippen LogP contribution in [0, 0.1) is 11.8 Å². The van der Waals surface area contributed by atoms with Crippen LogP contribution in [0.3, 0.4) is 0 Å². The van der Waals surface area contributed by atoms with Gasteiger partial charge in [-0.05, 0) is 57.9 Å². The zero-order chi connectivity index (χ0) is 13.2. The first-order valence-corrected chi connectivity index (χ1v) is 8.06. The number of likely N-dealkylation sites (N-methyl/N-ethyl adjacent to an activating group) is 1. The van der Waals surface area contributed by atoms with Crippen LogP contribution in [0.2, 0.25) is 0 Å². The van der Waals surface area contributed by atoms with Crippen LogP contribution in [0.5, 0.6) is 0 Å². The summed E-state index contributed by atoms with van der Waals surface area (Å²) in [6, 6.07) is 0.677. The van der Waals surface area contributed by atoms with Gasteiger partial charge in [0.15, 0.2) is 0 Å². The quantitative estimate of drug-likeness (QED) is 0.785. The third-order valence-corrected chi connectivity index (χ3v) is 5.64. The molecule has 2 N–H and O–H groups in total. The topological polar surface area (TPSA) is 29.3 Å². The van der Waals surface area contributed by atoms with Gasteiger partial charge >= 0.3 is 0 Å². The number of nitrogens with zero attached hydrogens (tertiary/aromatic N) is 1. The maximum Gasteiger partial charge on any atom is 0.0334 e. The van der Waals surface area contributed by atoms with Crippen LogP contribution in [0.25, 0.3) is 0 Å². The summed E-state index contributed by atoms with van der Waals surface area (Å²) in [6.45, 7) is 5.51. The van der Waals surface area contributed by atoms with Gasteiger partial charge in [0.05, 0.1) is 0 Å². The fraction of sp³-hybridized carbons (Fsp3) is 1.00. The lowest BCUT2D eigenvalue weighted by atomic mass is 9.72. The molecular formula is C16H32N2. The zero-order valence-corrected chi connectivity index (χ0v) is 12.6. The second-order valence-corrected chi connectivity index (χ2v) is 6.87. The Hall–Kier alpha value is -0.0800. The SMILES string of the molecule is CCCC(C)N(C)C1(CN)CCCC(C2CC2)C1. The predicted octanol–water partition coefficient (Wildman–Crippen LogP) is 3.40. The molecular weight excluding hydrogens is 220 g/mol. The zero-order valence-electron chi connectivity index (χ0n) is 12.6. The molecule has 0 saturated heterocycles. The van der Waals surface area contributed by atoms with Crippen molar-refractivity contribution in [1.29, 1.82) is 0 Å². The van der Waals surface area contributed by atoms with Gasteiger partial charge in [0.2, 0.25) is 0 Å². The van der Waals surface area contributed by atoms with E-state index < -0.39 is 0 Å². The highest BCUT2D eigenvalue weighted by Crippen LogP contribution is 2.48. The molecule has 0 aromatic carbocycles. The minimum atomic E-state index is 0.306. The molecule has 3 atom stereocenters. The van der Waals surface area contributed by atoms with Gasteiger partial charge in [-0.25, -0.2) is 0 Å². The predicted molar refractivity (Wildman–Crippen MR) is 78.6 cm³/mol. The standard InChI is InChI=1S/C16H32N2/c1-4-6-13(2)18(3)16(12-17)10-5-7-15(11-16)14-8-9-14/h13-15H,4-12,17H2,1-3H3. The Bertz CT molecular complexity index is 262. The Labute approximate surface area is 113 Å². The summed E-state index contributed by atoms with van der Waals surface area (Å²) >= 11 is 0. The molecule has 2 fully saturated rings. The van der Waals surface area contributed by atoms with Gasteiger partial charge < -0.3 is 5.73 Å². The van der Waals surface area contributed by atoms with E-state index in [4.69, 9.17) is 5.73 Å². The molecule has 2 saturated carbocycles. The smallest absolute Gasteiger partial charge is 0.0334 e. The van der Waals surface area contributed by atoms with E-state index in [0.717, 1.165) is 18.4 Å². The number of rotatable bonds is 6. The Morgan fingerprint density at radius 1 is 1.28 bits per heavy atom. The summed E-state index contributed by atoms with van der Waals surface area (Å²) in [6.07, 6.45) is 11.1. The maximum atomic E-state index is 6.21. The van der Waals surface area contributed by atoms with Crippen LogP contribution >= 0.6 is 0 Å². The second-order valence-electron chi connectivity index (χ2n) is 6.87. The summed E-state index contributed by atoms with van der Waals surface area (Å²) in [5, 5.41) is 0. The Balaban J connectivity index is 2.03. The van der Waals surface area contributed by atoms with Crippen molar-refractivity contribution in [3.8, 4) is 0 Å². The lowest BCUT2D eigenvalue weighted by molar-refractivity contribution is 0.0221. The van der Waals surface area contributed by atoms with E-state index in [2.05, 4.69) is 25.8 Å². The summed E-state index contributed by atoms with van der Waals surface area (Å²) in [5.41, 5.74) is 6.52. The molecule has 3 unspecified atom stereocenters. The number of hydrogen-bond acceptors (Lipinski definition) is 2. The van der Waals surface area contributed by atoms with Gasteiger partial charge in [0, 0.05) is 18.1 Å². The third-order valence-electron chi connectivity index (χ3n) is 5.64. The van der Waals surface area contributed by atoms with Crippen LogP contribution in [-0.2, 0) is 0 Å². The Morgan fingerprint density at radius 3 is 2.56 bits per heavy atom. The lowest BCUT2D eigenvalue weighted by Gasteiger charge is -2.49. The first-order chi connectivity index (χ1) is 8.63. The minimum Gasteiger partial charge on any atom is -0.329 e. The van der Waals surface area contributed by atoms with Crippen molar-refractivity contribution < 1.29 is 0 Å². The van der Waals surface area contributed by atoms with Crippen LogP contribution < -0.4 is 5.73 Å². The van der Waals surface area contributed by atoms with Gasteiger partial charge in [-0.1, -0.05) is 26.2 Å². The summed E-state index contributed by atoms with van der Waals surface area (Å²) in [4.78, 5) is 2.63. The molecule has 106 valence electrons. The van der Waals surface area contributed by atoms with Crippen LogP contribution in [0.1, 0.15) is 65.2 Å². The molecule has 18 heavy (non-hydrogen) atoms. The van der Waals surface area contributed by atoms with Crippen molar-refractivity contribution >= 4 is 0 Å². The molecule has 2 rings (SSSR count). The number of hydrogen-bond donors (Lipinski definition) is 1. The van der Waals surface area contributed by atoms with Crippen molar-refractivity contribution in [2.45, 2.75) is 76.8 Å². The second kappa shape index (κ2) is 5.92. The molecule has 0 radical (unpaired) electrons. The summed E-state index contributed by atoms with van der Waals surface area (Å²) in [5.74, 6) is 2.02. The highest BCUT2D eigenvalue weighted by atomic mass is 15.2. The molecule has 2 aliphatic carbocycles. The van der Waals surface area contributed by atoms with E-state index in [9.17, 15) is 0 Å². The largest absolute Gasteiger partial charge is 0.329 e. The molecule has 0 aliphatic heterocycles. The van der Waals surface area contributed by atoms with Crippen molar-refractivity contribution in [3.05, 3.63) is 0 Å². The van der Waals surface area contributed by atoms with E-state index >= 15 is 0 Å². The Kier molecular flexibility index (Phi) is 4.71. The van der Waals surface area contributed by atoms with Crippen LogP contribution in [0.4, 0.5) is 0 Å². The molecule has 0 heterocycles. The van der Waals surface area contributed by atoms with Crippen molar-refractivity contribution in [2.75, 3.05) is 13.6 Å². The molecule has 0 bridgehead atoms. The molecule has 0 aromatic rings. The lowest BCUT2D eigenvalue weighted by Crippen LogP contribution is -2.57. The fourth-order valence-electron chi connectivity index (χ4n) is 4.08. The van der Waals surface area contributed by atoms with Gasteiger partial charge in [0.1, 0.15) is 0 Å². The summed E-state index contributed by atoms with van der Waals surface area (Å²) < 4.78 is 0. The Morgan fingerprint density at radius 2 is 2.00 bits per heavy atom. The maximum absolute atomic E-state index is 6.21. The molecule has 2 heteroatoms.